The van der Waals surface area contributed by atoms with E-state index >= 15 is 0 Å². The number of rotatable bonds is 2. The number of halogens is 1. The first-order valence-corrected chi connectivity index (χ1v) is 10.8. The number of furan rings is 1. The van der Waals surface area contributed by atoms with Gasteiger partial charge in [0, 0.05) is 40.3 Å². The predicted molar refractivity (Wildman–Crippen MR) is 122 cm³/mol. The summed E-state index contributed by atoms with van der Waals surface area (Å²) >= 11 is 0. The van der Waals surface area contributed by atoms with Gasteiger partial charge in [-0.25, -0.2) is 4.39 Å². The summed E-state index contributed by atoms with van der Waals surface area (Å²) in [5.74, 6) is 0.122. The second kappa shape index (κ2) is 7.17. The molecular weight excluding hydrogens is 389 g/mol. The minimum Gasteiger partial charge on any atom is -0.455 e. The van der Waals surface area contributed by atoms with Crippen molar-refractivity contribution in [3.8, 4) is 11.3 Å². The van der Waals surface area contributed by atoms with Crippen LogP contribution in [0.4, 0.5) is 4.39 Å². The molecule has 0 radical (unpaired) electrons. The van der Waals surface area contributed by atoms with E-state index in [4.69, 9.17) is 9.15 Å². The quantitative estimate of drug-likeness (QED) is 0.310. The highest BCUT2D eigenvalue weighted by Gasteiger charge is 2.20. The van der Waals surface area contributed by atoms with Gasteiger partial charge < -0.3 is 9.15 Å². The molecule has 0 unspecified atom stereocenters. The number of hydrogen-bond acceptors (Lipinski definition) is 3. The first-order valence-electron chi connectivity index (χ1n) is 10.8. The van der Waals surface area contributed by atoms with E-state index in [0.717, 1.165) is 70.2 Å². The topological polar surface area (TPSA) is 35.3 Å². The number of para-hydroxylation sites is 1. The molecule has 1 fully saturated rings. The fourth-order valence-corrected chi connectivity index (χ4v) is 4.87. The molecule has 0 amide bonds. The highest BCUT2D eigenvalue weighted by molar-refractivity contribution is 6.11. The molecule has 2 aromatic heterocycles. The Hall–Kier alpha value is -3.24. The van der Waals surface area contributed by atoms with Crippen LogP contribution < -0.4 is 0 Å². The molecule has 0 aliphatic carbocycles. The van der Waals surface area contributed by atoms with Gasteiger partial charge in [0.1, 0.15) is 17.0 Å². The van der Waals surface area contributed by atoms with Crippen molar-refractivity contribution in [1.29, 1.82) is 0 Å². The van der Waals surface area contributed by atoms with Crippen molar-refractivity contribution in [3.63, 3.8) is 0 Å². The summed E-state index contributed by atoms with van der Waals surface area (Å²) in [6.07, 6.45) is 3.29. The zero-order valence-electron chi connectivity index (χ0n) is 17.3. The van der Waals surface area contributed by atoms with Gasteiger partial charge in [0.2, 0.25) is 0 Å². The Kier molecular flexibility index (Phi) is 4.29. The molecule has 3 nitrogen and oxygen atoms in total. The second-order valence-corrected chi connectivity index (χ2v) is 8.43. The Bertz CT molecular complexity index is 1450. The number of aryl methyl sites for hydroxylation is 1. The number of hydrogen-bond donors (Lipinski definition) is 0. The maximum Gasteiger partial charge on any atom is 0.149 e. The maximum absolute atomic E-state index is 14.9. The van der Waals surface area contributed by atoms with Crippen molar-refractivity contribution in [2.24, 2.45) is 0 Å². The van der Waals surface area contributed by atoms with Crippen molar-refractivity contribution < 1.29 is 13.5 Å². The second-order valence-electron chi connectivity index (χ2n) is 8.43. The van der Waals surface area contributed by atoms with Crippen LogP contribution in [0.3, 0.4) is 0 Å². The zero-order chi connectivity index (χ0) is 20.9. The average molecular weight is 411 g/mol. The van der Waals surface area contributed by atoms with Crippen molar-refractivity contribution in [2.45, 2.75) is 25.7 Å². The molecule has 4 heteroatoms. The standard InChI is InChI=1S/C27H22FNO2/c1-16-12-22-19-4-2-3-5-25(19)31-27(22)23(13-16)26-20-7-6-18(17-8-10-30-11-9-17)14-21(20)24(28)15-29-26/h2-7,12-15,17H,8-11H2,1H3. The molecule has 31 heavy (non-hydrogen) atoms. The summed E-state index contributed by atoms with van der Waals surface area (Å²) in [4.78, 5) is 4.53. The normalized spacial score (nSPS) is 15.3. The Labute approximate surface area is 179 Å². The van der Waals surface area contributed by atoms with E-state index in [1.54, 1.807) is 0 Å². The van der Waals surface area contributed by atoms with E-state index in [2.05, 4.69) is 36.2 Å². The monoisotopic (exact) mass is 411 g/mol. The summed E-state index contributed by atoms with van der Waals surface area (Å²) < 4.78 is 26.6. The van der Waals surface area contributed by atoms with Gasteiger partial charge in [-0.15, -0.1) is 0 Å². The van der Waals surface area contributed by atoms with E-state index in [0.29, 0.717) is 11.3 Å². The van der Waals surface area contributed by atoms with Crippen LogP contribution in [-0.4, -0.2) is 18.2 Å². The van der Waals surface area contributed by atoms with Gasteiger partial charge in [-0.1, -0.05) is 30.3 Å². The molecule has 0 spiro atoms. The first kappa shape index (κ1) is 18.5. The summed E-state index contributed by atoms with van der Waals surface area (Å²) in [5, 5.41) is 3.56. The smallest absolute Gasteiger partial charge is 0.149 e. The number of pyridine rings is 1. The van der Waals surface area contributed by atoms with E-state index in [1.807, 2.05) is 30.3 Å². The first-order chi connectivity index (χ1) is 15.2. The molecule has 3 heterocycles. The lowest BCUT2D eigenvalue weighted by atomic mass is 9.89. The molecular formula is C27H22FNO2. The number of fused-ring (bicyclic) bond motifs is 4. The van der Waals surface area contributed by atoms with Crippen LogP contribution in [0.25, 0.3) is 44.0 Å². The molecule has 1 saturated heterocycles. The van der Waals surface area contributed by atoms with Crippen LogP contribution in [0.1, 0.15) is 29.9 Å². The number of nitrogens with zero attached hydrogens (tertiary/aromatic N) is 1. The molecule has 0 saturated carbocycles. The van der Waals surface area contributed by atoms with Crippen LogP contribution in [-0.2, 0) is 4.74 Å². The third-order valence-electron chi connectivity index (χ3n) is 6.43. The van der Waals surface area contributed by atoms with E-state index < -0.39 is 0 Å². The summed E-state index contributed by atoms with van der Waals surface area (Å²) in [7, 11) is 0. The lowest BCUT2D eigenvalue weighted by Gasteiger charge is -2.23. The van der Waals surface area contributed by atoms with Gasteiger partial charge in [-0.3, -0.25) is 4.98 Å². The minimum atomic E-state index is -0.291. The van der Waals surface area contributed by atoms with Crippen LogP contribution in [0.5, 0.6) is 0 Å². The largest absolute Gasteiger partial charge is 0.455 e. The van der Waals surface area contributed by atoms with Crippen LogP contribution in [0, 0.1) is 12.7 Å². The Balaban J connectivity index is 1.59. The zero-order valence-corrected chi connectivity index (χ0v) is 17.3. The average Bonchev–Trinajstić information content (AvgIpc) is 3.18. The molecule has 3 aromatic carbocycles. The van der Waals surface area contributed by atoms with Gasteiger partial charge in [0.25, 0.3) is 0 Å². The number of ether oxygens (including phenoxy) is 1. The third kappa shape index (κ3) is 3.02. The van der Waals surface area contributed by atoms with Gasteiger partial charge >= 0.3 is 0 Å². The predicted octanol–water partition coefficient (Wildman–Crippen LogP) is 7.14. The van der Waals surface area contributed by atoms with Crippen molar-refractivity contribution in [3.05, 3.63) is 77.7 Å². The van der Waals surface area contributed by atoms with E-state index in [1.165, 1.54) is 11.8 Å². The summed E-state index contributed by atoms with van der Waals surface area (Å²) in [5.41, 5.74) is 5.58. The van der Waals surface area contributed by atoms with Crippen LogP contribution in [0.2, 0.25) is 0 Å². The molecule has 0 bridgehead atoms. The fraction of sp³-hybridized carbons (Fsp3) is 0.222. The van der Waals surface area contributed by atoms with E-state index in [9.17, 15) is 4.39 Å². The highest BCUT2D eigenvalue weighted by Crippen LogP contribution is 2.39. The third-order valence-corrected chi connectivity index (χ3v) is 6.43. The Morgan fingerprint density at radius 1 is 0.903 bits per heavy atom. The maximum atomic E-state index is 14.9. The molecule has 0 atom stereocenters. The molecule has 1 aliphatic rings. The van der Waals surface area contributed by atoms with Crippen molar-refractivity contribution in [1.82, 2.24) is 4.98 Å². The highest BCUT2D eigenvalue weighted by atomic mass is 19.1. The van der Waals surface area contributed by atoms with Crippen molar-refractivity contribution in [2.75, 3.05) is 13.2 Å². The molecule has 154 valence electrons. The molecule has 0 N–H and O–H groups in total. The minimum absolute atomic E-state index is 0.291. The SMILES string of the molecule is Cc1cc(-c2ncc(F)c3cc(C4CCOCC4)ccc23)c2oc3ccccc3c2c1. The number of aromatic nitrogens is 1. The van der Waals surface area contributed by atoms with E-state index in [-0.39, 0.29) is 5.82 Å². The Morgan fingerprint density at radius 2 is 1.74 bits per heavy atom. The van der Waals surface area contributed by atoms with Crippen molar-refractivity contribution >= 4 is 32.7 Å². The molecule has 1 aliphatic heterocycles. The molecule has 6 rings (SSSR count). The summed E-state index contributed by atoms with van der Waals surface area (Å²) in [6.45, 7) is 3.60. The van der Waals surface area contributed by atoms with Gasteiger partial charge in [0.05, 0.1) is 11.9 Å². The summed E-state index contributed by atoms with van der Waals surface area (Å²) in [6, 6.07) is 18.4. The fourth-order valence-electron chi connectivity index (χ4n) is 4.87. The van der Waals surface area contributed by atoms with Gasteiger partial charge in [-0.05, 0) is 61.1 Å². The lowest BCUT2D eigenvalue weighted by Crippen LogP contribution is -2.14. The Morgan fingerprint density at radius 3 is 2.61 bits per heavy atom. The van der Waals surface area contributed by atoms with Crippen LogP contribution in [0.15, 0.2) is 65.2 Å². The number of benzene rings is 3. The van der Waals surface area contributed by atoms with Gasteiger partial charge in [0.15, 0.2) is 0 Å². The molecule has 5 aromatic rings. The van der Waals surface area contributed by atoms with Crippen LogP contribution >= 0.6 is 0 Å². The lowest BCUT2D eigenvalue weighted by molar-refractivity contribution is 0.0853. The van der Waals surface area contributed by atoms with Gasteiger partial charge in [-0.2, -0.15) is 0 Å².